The third-order valence-corrected chi connectivity index (χ3v) is 6.49. The number of nitrogens with one attached hydrogen (secondary N) is 1. The lowest BCUT2D eigenvalue weighted by molar-refractivity contribution is -0.115. The van der Waals surface area contributed by atoms with Crippen LogP contribution in [-0.4, -0.2) is 29.3 Å². The molecule has 3 aromatic carbocycles. The smallest absolute Gasteiger partial charge is 0.335 e. The average molecular weight is 509 g/mol. The molecule has 1 fully saturated rings. The molecule has 0 aliphatic carbocycles. The summed E-state index contributed by atoms with van der Waals surface area (Å²) in [7, 11) is 1.53. The van der Waals surface area contributed by atoms with Crippen LogP contribution in [0.5, 0.6) is 11.5 Å². The van der Waals surface area contributed by atoms with E-state index in [1.807, 2.05) is 25.1 Å². The van der Waals surface area contributed by atoms with Crippen LogP contribution in [0, 0.1) is 6.92 Å². The average Bonchev–Trinajstić information content (AvgIpc) is 3.19. The molecule has 1 amide bonds. The molecule has 3 aromatic rings. The number of carbonyl (C=O) groups excluding carboxylic acids is 1. The summed E-state index contributed by atoms with van der Waals surface area (Å²) in [5, 5.41) is 13.0. The zero-order valence-corrected chi connectivity index (χ0v) is 20.4. The van der Waals surface area contributed by atoms with Crippen LogP contribution >= 0.6 is 23.4 Å². The van der Waals surface area contributed by atoms with Crippen molar-refractivity contribution in [1.82, 2.24) is 5.32 Å². The molecule has 1 aliphatic rings. The predicted molar refractivity (Wildman–Crippen MR) is 138 cm³/mol. The Morgan fingerprint density at radius 2 is 1.94 bits per heavy atom. The number of nitrogens with zero attached hydrogens (tertiary/aromatic N) is 1. The zero-order valence-electron chi connectivity index (χ0n) is 18.9. The summed E-state index contributed by atoms with van der Waals surface area (Å²) < 4.78 is 11.3. The number of methoxy groups -OCH3 is 1. The van der Waals surface area contributed by atoms with Gasteiger partial charge in [0.1, 0.15) is 6.61 Å². The summed E-state index contributed by atoms with van der Waals surface area (Å²) in [6.07, 6.45) is 1.75. The van der Waals surface area contributed by atoms with Crippen molar-refractivity contribution in [3.63, 3.8) is 0 Å². The van der Waals surface area contributed by atoms with E-state index in [-0.39, 0.29) is 18.1 Å². The van der Waals surface area contributed by atoms with Crippen molar-refractivity contribution in [2.24, 2.45) is 4.99 Å². The summed E-state index contributed by atoms with van der Waals surface area (Å²) in [6, 6.07) is 17.3. The molecule has 0 atom stereocenters. The standard InChI is InChI=1S/C26H21ClN2O5S/c1-15-19(27)7-4-8-20(15)28-26-29-24(30)23(35-26)13-16-9-10-21(22(12-16)33-2)34-14-17-5-3-6-18(11-17)25(31)32/h3-13H,14H2,1-2H3,(H,31,32)(H,28,29,30)/b23-13-. The van der Waals surface area contributed by atoms with Gasteiger partial charge in [-0.2, -0.15) is 0 Å². The highest BCUT2D eigenvalue weighted by Crippen LogP contribution is 2.33. The molecular weight excluding hydrogens is 488 g/mol. The Bertz CT molecular complexity index is 1370. The molecule has 4 rings (SSSR count). The van der Waals surface area contributed by atoms with Gasteiger partial charge in [0, 0.05) is 5.02 Å². The highest BCUT2D eigenvalue weighted by atomic mass is 35.5. The molecule has 9 heteroatoms. The fraction of sp³-hybridized carbons (Fsp3) is 0.115. The van der Waals surface area contributed by atoms with Gasteiger partial charge in [-0.3, -0.25) is 4.79 Å². The summed E-state index contributed by atoms with van der Waals surface area (Å²) in [5.74, 6) is -0.254. The van der Waals surface area contributed by atoms with E-state index in [2.05, 4.69) is 10.3 Å². The van der Waals surface area contributed by atoms with Crippen molar-refractivity contribution in [1.29, 1.82) is 0 Å². The topological polar surface area (TPSA) is 97.2 Å². The normalized spacial score (nSPS) is 15.3. The number of ether oxygens (including phenoxy) is 2. The van der Waals surface area contributed by atoms with Crippen LogP contribution < -0.4 is 14.8 Å². The van der Waals surface area contributed by atoms with Gasteiger partial charge in [-0.1, -0.05) is 35.9 Å². The van der Waals surface area contributed by atoms with Crippen LogP contribution in [0.3, 0.4) is 0 Å². The number of thioether (sulfide) groups is 1. The molecule has 0 saturated carbocycles. The summed E-state index contributed by atoms with van der Waals surface area (Å²) in [4.78, 5) is 28.7. The van der Waals surface area contributed by atoms with E-state index in [0.29, 0.717) is 32.3 Å². The monoisotopic (exact) mass is 508 g/mol. The fourth-order valence-electron chi connectivity index (χ4n) is 3.31. The third-order valence-electron chi connectivity index (χ3n) is 5.17. The first-order chi connectivity index (χ1) is 16.8. The second kappa shape index (κ2) is 10.7. The van der Waals surface area contributed by atoms with Crippen molar-refractivity contribution < 1.29 is 24.2 Å². The van der Waals surface area contributed by atoms with Crippen molar-refractivity contribution in [3.05, 3.63) is 92.8 Å². The van der Waals surface area contributed by atoms with Crippen LogP contribution in [0.15, 0.2) is 70.6 Å². The van der Waals surface area contributed by atoms with Crippen LogP contribution in [0.2, 0.25) is 5.02 Å². The van der Waals surface area contributed by atoms with Gasteiger partial charge in [0.2, 0.25) is 0 Å². The van der Waals surface area contributed by atoms with Crippen LogP contribution in [0.1, 0.15) is 27.0 Å². The van der Waals surface area contributed by atoms with Gasteiger partial charge < -0.3 is 19.9 Å². The molecular formula is C26H21ClN2O5S. The quantitative estimate of drug-likeness (QED) is 0.390. The molecule has 1 heterocycles. The number of halogens is 1. The number of hydrogen-bond acceptors (Lipinski definition) is 6. The molecule has 1 saturated heterocycles. The van der Waals surface area contributed by atoms with E-state index >= 15 is 0 Å². The van der Waals surface area contributed by atoms with Crippen molar-refractivity contribution in [2.45, 2.75) is 13.5 Å². The number of rotatable bonds is 7. The summed E-state index contributed by atoms with van der Waals surface area (Å²) >= 11 is 7.40. The maximum Gasteiger partial charge on any atom is 0.335 e. The van der Waals surface area contributed by atoms with Gasteiger partial charge in [0.05, 0.1) is 23.3 Å². The van der Waals surface area contributed by atoms with Gasteiger partial charge in [-0.25, -0.2) is 9.79 Å². The number of benzene rings is 3. The maximum atomic E-state index is 12.5. The van der Waals surface area contributed by atoms with E-state index in [4.69, 9.17) is 26.2 Å². The molecule has 0 radical (unpaired) electrons. The van der Waals surface area contributed by atoms with Crippen LogP contribution in [0.25, 0.3) is 6.08 Å². The maximum absolute atomic E-state index is 12.5. The van der Waals surface area contributed by atoms with Crippen molar-refractivity contribution >= 4 is 52.2 Å². The number of aromatic carboxylic acids is 1. The van der Waals surface area contributed by atoms with Gasteiger partial charge >= 0.3 is 5.97 Å². The zero-order chi connectivity index (χ0) is 24.9. The second-order valence-corrected chi connectivity index (χ2v) is 9.01. The van der Waals surface area contributed by atoms with E-state index in [9.17, 15) is 9.59 Å². The minimum atomic E-state index is -0.994. The van der Waals surface area contributed by atoms with E-state index in [1.165, 1.54) is 24.9 Å². The summed E-state index contributed by atoms with van der Waals surface area (Å²) in [6.45, 7) is 2.05. The molecule has 2 N–H and O–H groups in total. The first-order valence-electron chi connectivity index (χ1n) is 10.5. The molecule has 1 aliphatic heterocycles. The van der Waals surface area contributed by atoms with Gasteiger partial charge in [-0.05, 0) is 77.9 Å². The lowest BCUT2D eigenvalue weighted by atomic mass is 10.1. The number of aliphatic imine (C=N–C) groups is 1. The fourth-order valence-corrected chi connectivity index (χ4v) is 4.31. The summed E-state index contributed by atoms with van der Waals surface area (Å²) in [5.41, 5.74) is 3.20. The molecule has 35 heavy (non-hydrogen) atoms. The van der Waals surface area contributed by atoms with Gasteiger partial charge in [-0.15, -0.1) is 0 Å². The Morgan fingerprint density at radius 3 is 2.71 bits per heavy atom. The SMILES string of the molecule is COc1cc(/C=C2\SC(=Nc3cccc(Cl)c3C)NC2=O)ccc1OCc1cccc(C(=O)O)c1. The Balaban J connectivity index is 1.50. The third kappa shape index (κ3) is 5.85. The Morgan fingerprint density at radius 1 is 1.14 bits per heavy atom. The van der Waals surface area contributed by atoms with E-state index < -0.39 is 5.97 Å². The number of carbonyl (C=O) groups is 2. The molecule has 0 spiro atoms. The van der Waals surface area contributed by atoms with Crippen molar-refractivity contribution in [2.75, 3.05) is 7.11 Å². The van der Waals surface area contributed by atoms with Gasteiger partial charge in [0.25, 0.3) is 5.91 Å². The lowest BCUT2D eigenvalue weighted by Crippen LogP contribution is -2.19. The van der Waals surface area contributed by atoms with Crippen LogP contribution in [0.4, 0.5) is 5.69 Å². The molecule has 178 valence electrons. The number of carboxylic acids is 1. The Hall–Kier alpha value is -3.75. The largest absolute Gasteiger partial charge is 0.493 e. The molecule has 7 nitrogen and oxygen atoms in total. The van der Waals surface area contributed by atoms with E-state index in [1.54, 1.807) is 42.5 Å². The minimum absolute atomic E-state index is 0.179. The predicted octanol–water partition coefficient (Wildman–Crippen LogP) is 5.83. The molecule has 0 aromatic heterocycles. The van der Waals surface area contributed by atoms with Crippen LogP contribution in [-0.2, 0) is 11.4 Å². The number of hydrogen-bond donors (Lipinski definition) is 2. The molecule has 0 unspecified atom stereocenters. The molecule has 0 bridgehead atoms. The number of amides is 1. The highest BCUT2D eigenvalue weighted by molar-refractivity contribution is 8.18. The number of amidine groups is 1. The first-order valence-corrected chi connectivity index (χ1v) is 11.7. The number of carboxylic acid groups (broad SMARTS) is 1. The first kappa shape index (κ1) is 24.4. The Kier molecular flexibility index (Phi) is 7.43. The van der Waals surface area contributed by atoms with Gasteiger partial charge in [0.15, 0.2) is 16.7 Å². The highest BCUT2D eigenvalue weighted by Gasteiger charge is 2.24. The Labute approximate surface area is 211 Å². The van der Waals surface area contributed by atoms with E-state index in [0.717, 1.165) is 16.7 Å². The minimum Gasteiger partial charge on any atom is -0.493 e. The van der Waals surface area contributed by atoms with Crippen molar-refractivity contribution in [3.8, 4) is 11.5 Å². The second-order valence-electron chi connectivity index (χ2n) is 7.57. The lowest BCUT2D eigenvalue weighted by Gasteiger charge is -2.12.